The normalized spacial score (nSPS) is 23.7. The predicted octanol–water partition coefficient (Wildman–Crippen LogP) is 6.88. The number of nitrogens with zero attached hydrogens (tertiary/aromatic N) is 5. The standard InChI is InChI=1S/C33H31ClF6N8O2S/c1-15-7-22(41)45-28(25(15)33(38,39)40)24-20(34)10-19-27(26(24)37)46-31(50-14-32-3-2-5-48(32)13-16(35)12-32)47-29(19)43-17-8-18(9-17)44-30(49)21(36)11-23-42-4-6-51-23/h4,6-7,10-11,16-18H,2-3,5,8-9,12-14H2,1H3,(H2,41,45)(H,44,49)(H,43,46,47)/b21-11-/t16-,17?,18?,32-/m1/s1. The minimum absolute atomic E-state index is 0.00618. The lowest BCUT2D eigenvalue weighted by Gasteiger charge is -2.36. The highest BCUT2D eigenvalue weighted by Gasteiger charge is 2.49. The second kappa shape index (κ2) is 13.4. The van der Waals surface area contributed by atoms with Crippen molar-refractivity contribution in [3.63, 3.8) is 0 Å². The van der Waals surface area contributed by atoms with E-state index in [1.54, 1.807) is 5.38 Å². The molecule has 10 nitrogen and oxygen atoms in total. The summed E-state index contributed by atoms with van der Waals surface area (Å²) >= 11 is 7.69. The van der Waals surface area contributed by atoms with Crippen LogP contribution >= 0.6 is 22.9 Å². The average molecular weight is 753 g/mol. The SMILES string of the molecule is Cc1cc(N)nc(-c2c(Cl)cc3c(NC4CC(NC(=O)/C(F)=C/c5nccs5)C4)nc(OC[C@]45CCCN4C[C@H](F)C5)nc3c2F)c1C(F)(F)F. The molecule has 51 heavy (non-hydrogen) atoms. The summed E-state index contributed by atoms with van der Waals surface area (Å²) in [6, 6.07) is 1.25. The van der Waals surface area contributed by atoms with Gasteiger partial charge in [0.25, 0.3) is 5.91 Å². The molecule has 270 valence electrons. The van der Waals surface area contributed by atoms with Crippen molar-refractivity contribution in [3.05, 3.63) is 56.5 Å². The van der Waals surface area contributed by atoms with Gasteiger partial charge in [-0.1, -0.05) is 11.6 Å². The van der Waals surface area contributed by atoms with Crippen molar-refractivity contribution in [2.75, 3.05) is 30.7 Å². The van der Waals surface area contributed by atoms with E-state index in [0.29, 0.717) is 30.8 Å². The Morgan fingerprint density at radius 2 is 2.02 bits per heavy atom. The lowest BCUT2D eigenvalue weighted by molar-refractivity contribution is -0.137. The second-order valence-corrected chi connectivity index (χ2v) is 14.4. The van der Waals surface area contributed by atoms with Crippen LogP contribution in [0.2, 0.25) is 5.02 Å². The first kappa shape index (κ1) is 35.2. The number of anilines is 2. The number of halogens is 7. The highest BCUT2D eigenvalue weighted by atomic mass is 35.5. The third-order valence-corrected chi connectivity index (χ3v) is 10.6. The number of carbonyl (C=O) groups excluding carboxylic acids is 1. The number of hydrogen-bond acceptors (Lipinski definition) is 10. The fourth-order valence-electron chi connectivity index (χ4n) is 7.23. The molecule has 0 bridgehead atoms. The topological polar surface area (TPSA) is 131 Å². The Hall–Kier alpha value is -4.22. The molecule has 3 fully saturated rings. The quantitative estimate of drug-likeness (QED) is 0.124. The van der Waals surface area contributed by atoms with Crippen LogP contribution in [0.1, 0.15) is 48.2 Å². The van der Waals surface area contributed by atoms with E-state index in [1.165, 1.54) is 30.5 Å². The Morgan fingerprint density at radius 1 is 1.24 bits per heavy atom. The number of thiazole rings is 1. The summed E-state index contributed by atoms with van der Waals surface area (Å²) in [5.41, 5.74) is 1.88. The Morgan fingerprint density at radius 3 is 2.75 bits per heavy atom. The molecule has 5 heterocycles. The maximum absolute atomic E-state index is 16.6. The summed E-state index contributed by atoms with van der Waals surface area (Å²) < 4.78 is 94.3. The zero-order chi connectivity index (χ0) is 36.2. The minimum Gasteiger partial charge on any atom is -0.461 e. The second-order valence-electron chi connectivity index (χ2n) is 13.1. The number of carbonyl (C=O) groups is 1. The summed E-state index contributed by atoms with van der Waals surface area (Å²) in [7, 11) is 0. The molecule has 4 aromatic rings. The van der Waals surface area contributed by atoms with Crippen LogP contribution in [-0.2, 0) is 11.0 Å². The van der Waals surface area contributed by atoms with Gasteiger partial charge in [-0.3, -0.25) is 9.69 Å². The largest absolute Gasteiger partial charge is 0.461 e. The lowest BCUT2D eigenvalue weighted by Crippen LogP contribution is -2.50. The number of nitrogens with one attached hydrogen (secondary N) is 2. The van der Waals surface area contributed by atoms with Gasteiger partial charge >= 0.3 is 12.2 Å². The number of ether oxygens (including phenoxy) is 1. The van der Waals surface area contributed by atoms with Gasteiger partial charge in [-0.15, -0.1) is 11.3 Å². The van der Waals surface area contributed by atoms with E-state index in [9.17, 15) is 26.7 Å². The molecular formula is C33H31ClF6N8O2S. The number of benzene rings is 1. The summed E-state index contributed by atoms with van der Waals surface area (Å²) in [5, 5.41) is 7.41. The van der Waals surface area contributed by atoms with E-state index >= 15 is 4.39 Å². The van der Waals surface area contributed by atoms with Gasteiger partial charge < -0.3 is 21.1 Å². The number of fused-ring (bicyclic) bond motifs is 2. The van der Waals surface area contributed by atoms with Crippen LogP contribution in [0.5, 0.6) is 6.01 Å². The van der Waals surface area contributed by atoms with Crippen LogP contribution in [0, 0.1) is 12.7 Å². The number of aromatic nitrogens is 4. The number of aryl methyl sites for hydroxylation is 1. The van der Waals surface area contributed by atoms with Crippen LogP contribution in [0.3, 0.4) is 0 Å². The molecule has 2 saturated heterocycles. The van der Waals surface area contributed by atoms with Crippen molar-refractivity contribution in [3.8, 4) is 17.3 Å². The molecular weight excluding hydrogens is 722 g/mol. The third-order valence-electron chi connectivity index (χ3n) is 9.58. The van der Waals surface area contributed by atoms with Gasteiger partial charge in [0.05, 0.1) is 27.4 Å². The third kappa shape index (κ3) is 6.90. The van der Waals surface area contributed by atoms with E-state index < -0.39 is 68.8 Å². The van der Waals surface area contributed by atoms with E-state index in [2.05, 4.69) is 30.6 Å². The first-order valence-corrected chi connectivity index (χ1v) is 17.4. The van der Waals surface area contributed by atoms with Crippen LogP contribution in [0.15, 0.2) is 29.5 Å². The summed E-state index contributed by atoms with van der Waals surface area (Å²) in [6.45, 7) is 2.16. The van der Waals surface area contributed by atoms with Gasteiger partial charge in [0.2, 0.25) is 0 Å². The van der Waals surface area contributed by atoms with E-state index in [0.717, 1.165) is 18.6 Å². The molecule has 4 N–H and O–H groups in total. The van der Waals surface area contributed by atoms with Crippen molar-refractivity contribution in [2.24, 2.45) is 0 Å². The smallest absolute Gasteiger partial charge is 0.418 e. The highest BCUT2D eigenvalue weighted by Crippen LogP contribution is 2.45. The molecule has 18 heteroatoms. The van der Waals surface area contributed by atoms with Crippen LogP contribution in [0.25, 0.3) is 28.2 Å². The highest BCUT2D eigenvalue weighted by molar-refractivity contribution is 7.10. The van der Waals surface area contributed by atoms with Crippen molar-refractivity contribution < 1.29 is 35.9 Å². The molecule has 0 spiro atoms. The Bertz CT molecular complexity index is 2030. The molecule has 1 aromatic carbocycles. The molecule has 7 rings (SSSR count). The van der Waals surface area contributed by atoms with Crippen molar-refractivity contribution in [1.29, 1.82) is 0 Å². The first-order valence-electron chi connectivity index (χ1n) is 16.1. The van der Waals surface area contributed by atoms with Crippen molar-refractivity contribution >= 4 is 57.5 Å². The first-order chi connectivity index (χ1) is 24.2. The van der Waals surface area contributed by atoms with Gasteiger partial charge in [0.1, 0.15) is 34.9 Å². The average Bonchev–Trinajstić information content (AvgIpc) is 3.75. The van der Waals surface area contributed by atoms with Gasteiger partial charge in [-0.2, -0.15) is 23.1 Å². The monoisotopic (exact) mass is 752 g/mol. The maximum Gasteiger partial charge on any atom is 0.418 e. The zero-order valence-electron chi connectivity index (χ0n) is 27.0. The molecule has 3 aromatic heterocycles. The fraction of sp³-hybridized carbons (Fsp3) is 0.424. The lowest BCUT2D eigenvalue weighted by atomic mass is 9.86. The number of pyridine rings is 1. The molecule has 2 atom stereocenters. The molecule has 1 aliphatic carbocycles. The molecule has 3 aliphatic rings. The van der Waals surface area contributed by atoms with Crippen LogP contribution in [-0.4, -0.2) is 74.2 Å². The molecule has 2 aliphatic heterocycles. The van der Waals surface area contributed by atoms with Crippen LogP contribution < -0.4 is 21.1 Å². The van der Waals surface area contributed by atoms with E-state index in [1.807, 2.05) is 4.90 Å². The van der Waals surface area contributed by atoms with Gasteiger partial charge in [0.15, 0.2) is 11.6 Å². The number of alkyl halides is 4. The van der Waals surface area contributed by atoms with Crippen LogP contribution in [0.4, 0.5) is 38.0 Å². The van der Waals surface area contributed by atoms with Gasteiger partial charge in [-0.25, -0.2) is 23.1 Å². The number of nitrogen functional groups attached to an aromatic ring is 1. The Balaban J connectivity index is 1.21. The Kier molecular flexibility index (Phi) is 9.24. The Labute approximate surface area is 296 Å². The number of rotatable bonds is 9. The minimum atomic E-state index is -4.92. The number of nitrogens with two attached hydrogens (primary N) is 1. The van der Waals surface area contributed by atoms with E-state index in [4.69, 9.17) is 22.1 Å². The molecule has 0 unspecified atom stereocenters. The predicted molar refractivity (Wildman–Crippen MR) is 180 cm³/mol. The number of hydrogen-bond donors (Lipinski definition) is 3. The molecule has 1 amide bonds. The van der Waals surface area contributed by atoms with Crippen molar-refractivity contribution in [2.45, 2.75) is 69.0 Å². The zero-order valence-corrected chi connectivity index (χ0v) is 28.5. The summed E-state index contributed by atoms with van der Waals surface area (Å²) in [4.78, 5) is 30.9. The number of amides is 1. The molecule has 0 radical (unpaired) electrons. The fourth-order valence-corrected chi connectivity index (χ4v) is 8.07. The summed E-state index contributed by atoms with van der Waals surface area (Å²) in [6.07, 6.45) is -0.990. The van der Waals surface area contributed by atoms with Crippen molar-refractivity contribution in [1.82, 2.24) is 30.2 Å². The van der Waals surface area contributed by atoms with Gasteiger partial charge in [-0.05, 0) is 56.8 Å². The summed E-state index contributed by atoms with van der Waals surface area (Å²) in [5.74, 6) is -3.30. The molecule has 1 saturated carbocycles. The van der Waals surface area contributed by atoms with Gasteiger partial charge in [0, 0.05) is 48.1 Å². The van der Waals surface area contributed by atoms with E-state index in [-0.39, 0.29) is 54.2 Å². The maximum atomic E-state index is 16.6.